The molecule has 1 unspecified atom stereocenters. The van der Waals surface area contributed by atoms with E-state index in [0.29, 0.717) is 19.4 Å². The zero-order chi connectivity index (χ0) is 44.3. The van der Waals surface area contributed by atoms with Crippen molar-refractivity contribution in [3.63, 3.8) is 0 Å². The minimum absolute atomic E-state index is 0.0513. The van der Waals surface area contributed by atoms with Crippen molar-refractivity contribution in [1.82, 2.24) is 0 Å². The highest BCUT2D eigenvalue weighted by Crippen LogP contribution is 2.49. The normalized spacial score (nSPS) is 19.1. The Labute approximate surface area is 365 Å². The standard InChI is InChI=1S/C51H68N3O6S/c1-11-12-13-28-53-44-23-21-40(59-10)34-42(44)51(7,8)46(53)25-20-38-18-17-37(47(38)60-48(49(2,3)4)39-26-30-52(9)31-27-39)19-24-45-50(5,6)41-33-36(35-55)16-22-43(41)54(45)29-14-15-32-61(56,57)58/h16,19-27,30-31,33-34,48,55H,11-15,17-18,28-29,32,35H2,1-10H3/q+1/p+1. The van der Waals surface area contributed by atoms with Gasteiger partial charge in [-0.15, -0.1) is 0 Å². The number of aliphatic hydroxyl groups excluding tert-OH is 1. The van der Waals surface area contributed by atoms with Crippen LogP contribution in [0.15, 0.2) is 108 Å². The van der Waals surface area contributed by atoms with E-state index in [2.05, 4.69) is 144 Å². The molecule has 0 saturated carbocycles. The lowest BCUT2D eigenvalue weighted by molar-refractivity contribution is -0.671. The largest absolute Gasteiger partial charge is 0.497 e. The van der Waals surface area contributed by atoms with Crippen LogP contribution in [0.4, 0.5) is 11.4 Å². The van der Waals surface area contributed by atoms with E-state index in [1.165, 1.54) is 23.4 Å². The fraction of sp³-hybridized carbons (Fsp3) is 0.490. The van der Waals surface area contributed by atoms with Gasteiger partial charge in [-0.05, 0) is 98.6 Å². The number of hydrogen-bond donors (Lipinski definition) is 2. The molecule has 0 amide bonds. The van der Waals surface area contributed by atoms with E-state index in [9.17, 15) is 18.1 Å². The Morgan fingerprint density at radius 1 is 0.902 bits per heavy atom. The highest BCUT2D eigenvalue weighted by molar-refractivity contribution is 7.85. The molecule has 2 aromatic carbocycles. The summed E-state index contributed by atoms with van der Waals surface area (Å²) in [5.41, 5.74) is 10.4. The Bertz CT molecular complexity index is 2360. The topological polar surface area (TPSA) is 103 Å². The summed E-state index contributed by atoms with van der Waals surface area (Å²) >= 11 is 0. The van der Waals surface area contributed by atoms with Gasteiger partial charge >= 0.3 is 0 Å². The number of unbranched alkanes of at least 4 members (excludes halogenated alkanes) is 3. The smallest absolute Gasteiger partial charge is 0.264 e. The number of hydrogen-bond acceptors (Lipinski definition) is 6. The SMILES string of the molecule is CCCCC[N+]1=C(/C=C/C2=C(OC(c3cc[n+](C)cc3)C(C)(C)C)C(=C/C=C3/N(CCCCS(=O)(=O)O)c4ccc(CO)cc4C3(C)C)/CC2)C(C)(C)c2cc(OC)ccc21. The number of methoxy groups -OCH3 is 1. The summed E-state index contributed by atoms with van der Waals surface area (Å²) in [6.07, 6.45) is 19.0. The number of aromatic nitrogens is 1. The van der Waals surface area contributed by atoms with E-state index in [1.54, 1.807) is 7.11 Å². The molecule has 0 saturated heterocycles. The van der Waals surface area contributed by atoms with Gasteiger partial charge in [0.05, 0.1) is 24.9 Å². The van der Waals surface area contributed by atoms with Gasteiger partial charge in [-0.1, -0.05) is 66.2 Å². The molecular weight excluding hydrogens is 783 g/mol. The maximum atomic E-state index is 11.6. The van der Waals surface area contributed by atoms with Crippen LogP contribution < -0.4 is 14.2 Å². The first-order valence-corrected chi connectivity index (χ1v) is 23.7. The number of anilines is 1. The summed E-state index contributed by atoms with van der Waals surface area (Å²) in [4.78, 5) is 2.28. The van der Waals surface area contributed by atoms with Crippen LogP contribution in [-0.4, -0.2) is 54.3 Å². The first-order chi connectivity index (χ1) is 28.8. The van der Waals surface area contributed by atoms with E-state index in [-0.39, 0.29) is 29.3 Å². The first-order valence-electron chi connectivity index (χ1n) is 22.1. The van der Waals surface area contributed by atoms with Gasteiger partial charge in [-0.3, -0.25) is 4.55 Å². The number of pyridine rings is 1. The minimum Gasteiger partial charge on any atom is -0.497 e. The Morgan fingerprint density at radius 2 is 1.64 bits per heavy atom. The van der Waals surface area contributed by atoms with Crippen molar-refractivity contribution in [3.05, 3.63) is 130 Å². The monoisotopic (exact) mass is 851 g/mol. The number of rotatable bonds is 17. The second-order valence-electron chi connectivity index (χ2n) is 19.1. The van der Waals surface area contributed by atoms with Crippen LogP contribution in [-0.2, 0) is 39.3 Å². The van der Waals surface area contributed by atoms with Gasteiger partial charge in [0.15, 0.2) is 18.1 Å². The third-order valence-electron chi connectivity index (χ3n) is 12.7. The van der Waals surface area contributed by atoms with Crippen molar-refractivity contribution in [2.45, 2.75) is 124 Å². The van der Waals surface area contributed by atoms with E-state index in [4.69, 9.17) is 9.47 Å². The molecule has 1 aromatic heterocycles. The average Bonchev–Trinajstić information content (AvgIpc) is 3.76. The van der Waals surface area contributed by atoms with E-state index in [0.717, 1.165) is 83.0 Å². The molecule has 2 aliphatic heterocycles. The Hall–Kier alpha value is -4.51. The zero-order valence-corrected chi connectivity index (χ0v) is 39.0. The molecule has 1 aliphatic carbocycles. The maximum Gasteiger partial charge on any atom is 0.264 e. The Balaban J connectivity index is 1.47. The van der Waals surface area contributed by atoms with Gasteiger partial charge in [0.2, 0.25) is 5.69 Å². The van der Waals surface area contributed by atoms with Gasteiger partial charge < -0.3 is 19.5 Å². The predicted octanol–water partition coefficient (Wildman–Crippen LogP) is 10.3. The second-order valence-corrected chi connectivity index (χ2v) is 20.7. The van der Waals surface area contributed by atoms with Crippen molar-refractivity contribution >= 4 is 27.2 Å². The molecule has 0 radical (unpaired) electrons. The highest BCUT2D eigenvalue weighted by Gasteiger charge is 2.45. The van der Waals surface area contributed by atoms with E-state index in [1.807, 2.05) is 17.7 Å². The van der Waals surface area contributed by atoms with Gasteiger partial charge in [-0.2, -0.15) is 13.0 Å². The average molecular weight is 852 g/mol. The fourth-order valence-corrected chi connectivity index (χ4v) is 9.81. The Kier molecular flexibility index (Phi) is 13.9. The summed E-state index contributed by atoms with van der Waals surface area (Å²) in [6, 6.07) is 16.9. The number of fused-ring (bicyclic) bond motifs is 2. The van der Waals surface area contributed by atoms with Crippen molar-refractivity contribution in [3.8, 4) is 5.75 Å². The predicted molar refractivity (Wildman–Crippen MR) is 246 cm³/mol. The van der Waals surface area contributed by atoms with Crippen molar-refractivity contribution in [1.29, 1.82) is 0 Å². The van der Waals surface area contributed by atoms with Crippen LogP contribution in [0, 0.1) is 5.41 Å². The molecule has 1 atom stereocenters. The quantitative estimate of drug-likeness (QED) is 0.0792. The lowest BCUT2D eigenvalue weighted by Gasteiger charge is -2.32. The number of benzene rings is 2. The zero-order valence-electron chi connectivity index (χ0n) is 38.2. The first kappa shape index (κ1) is 46.0. The number of ether oxygens (including phenoxy) is 2. The summed E-state index contributed by atoms with van der Waals surface area (Å²) < 4.78 is 50.2. The van der Waals surface area contributed by atoms with Crippen LogP contribution in [0.5, 0.6) is 5.75 Å². The summed E-state index contributed by atoms with van der Waals surface area (Å²) in [5.74, 6) is 1.50. The summed E-state index contributed by atoms with van der Waals surface area (Å²) in [6.45, 7) is 19.5. The van der Waals surface area contributed by atoms with E-state index >= 15 is 0 Å². The molecule has 0 bridgehead atoms. The van der Waals surface area contributed by atoms with Gasteiger partial charge in [0, 0.05) is 70.6 Å². The van der Waals surface area contributed by atoms with E-state index < -0.39 is 15.5 Å². The third kappa shape index (κ3) is 10.1. The molecule has 3 aliphatic rings. The summed E-state index contributed by atoms with van der Waals surface area (Å²) in [5, 5.41) is 10.1. The molecule has 2 N–H and O–H groups in total. The lowest BCUT2D eigenvalue weighted by atomic mass is 9.81. The van der Waals surface area contributed by atoms with Crippen molar-refractivity contribution in [2.75, 3.05) is 30.9 Å². The Morgan fingerprint density at radius 3 is 2.30 bits per heavy atom. The number of nitrogens with zero attached hydrogens (tertiary/aromatic N) is 3. The summed E-state index contributed by atoms with van der Waals surface area (Å²) in [7, 11) is -0.291. The molecule has 3 heterocycles. The van der Waals surface area contributed by atoms with Crippen LogP contribution in [0.1, 0.15) is 129 Å². The van der Waals surface area contributed by atoms with Crippen LogP contribution in [0.25, 0.3) is 0 Å². The van der Waals surface area contributed by atoms with Gasteiger partial charge in [0.25, 0.3) is 10.1 Å². The van der Waals surface area contributed by atoms with Crippen LogP contribution in [0.3, 0.4) is 0 Å². The van der Waals surface area contributed by atoms with Crippen LogP contribution >= 0.6 is 0 Å². The third-order valence-corrected chi connectivity index (χ3v) is 13.5. The van der Waals surface area contributed by atoms with Crippen LogP contribution in [0.2, 0.25) is 0 Å². The number of allylic oxidation sites excluding steroid dienone is 7. The molecule has 10 heteroatoms. The fourth-order valence-electron chi connectivity index (χ4n) is 9.24. The highest BCUT2D eigenvalue weighted by atomic mass is 32.2. The number of aliphatic hydroxyl groups is 1. The minimum atomic E-state index is -4.05. The molecule has 61 heavy (non-hydrogen) atoms. The molecule has 3 aromatic rings. The molecule has 0 fully saturated rings. The van der Waals surface area contributed by atoms with Gasteiger partial charge in [0.1, 0.15) is 31.2 Å². The number of aryl methyl sites for hydroxylation is 1. The second kappa shape index (κ2) is 18.5. The molecule has 6 rings (SSSR count). The molecule has 0 spiro atoms. The maximum absolute atomic E-state index is 11.6. The molecular formula is C51H69N3O6S+2. The van der Waals surface area contributed by atoms with Gasteiger partial charge in [-0.25, -0.2) is 4.57 Å². The van der Waals surface area contributed by atoms with Crippen molar-refractivity contribution < 1.29 is 36.7 Å². The molecule has 9 nitrogen and oxygen atoms in total. The lowest BCUT2D eigenvalue weighted by Crippen LogP contribution is -2.28. The molecule has 328 valence electrons. The van der Waals surface area contributed by atoms with Crippen molar-refractivity contribution in [2.24, 2.45) is 12.5 Å².